The average Bonchev–Trinajstić information content (AvgIpc) is 3.73. The summed E-state index contributed by atoms with van der Waals surface area (Å²) in [6, 6.07) is 13.3. The van der Waals surface area contributed by atoms with Crippen molar-refractivity contribution in [2.75, 3.05) is 0 Å². The van der Waals surface area contributed by atoms with Crippen LogP contribution in [0.4, 0.5) is 0 Å². The van der Waals surface area contributed by atoms with Crippen LogP contribution in [-0.4, -0.2) is 0 Å². The average molecular weight is 598 g/mol. The van der Waals surface area contributed by atoms with Gasteiger partial charge in [-0.1, -0.05) is 139 Å². The number of fused-ring (bicyclic) bond motifs is 14. The number of benzene rings is 8. The number of para-hydroxylation sites is 1. The Morgan fingerprint density at radius 2 is 1.20 bits per heavy atom. The van der Waals surface area contributed by atoms with Crippen LogP contribution in [0.25, 0.3) is 66.1 Å². The minimum absolute atomic E-state index is 0.0116. The van der Waals surface area contributed by atoms with Crippen molar-refractivity contribution < 1.29 is 25.3 Å². The summed E-state index contributed by atoms with van der Waals surface area (Å²) < 4.78 is 140. The molecular weight excluding hydrogens is 556 g/mol. The molecule has 0 saturated carbocycles. The van der Waals surface area contributed by atoms with Crippen LogP contribution in [0.5, 0.6) is 11.5 Å². The fourth-order valence-corrected chi connectivity index (χ4v) is 7.82. The summed E-state index contributed by atoms with van der Waals surface area (Å²) in [6.45, 7) is 0. The Kier molecular flexibility index (Phi) is 2.71. The highest BCUT2D eigenvalue weighted by molar-refractivity contribution is 6.11. The summed E-state index contributed by atoms with van der Waals surface area (Å²) >= 11 is 0. The fraction of sp³-hybridized carbons (Fsp3) is 0.0222. The van der Waals surface area contributed by atoms with E-state index in [0.29, 0.717) is 33.4 Å². The Morgan fingerprint density at radius 3 is 2.13 bits per heavy atom. The van der Waals surface area contributed by atoms with Gasteiger partial charge in [0.05, 0.1) is 26.0 Å². The van der Waals surface area contributed by atoms with Crippen molar-refractivity contribution in [3.05, 3.63) is 180 Å². The number of hydrogen-bond acceptors (Lipinski definition) is 1. The first kappa shape index (κ1) is 14.5. The van der Waals surface area contributed by atoms with E-state index in [-0.39, 0.29) is 67.9 Å². The van der Waals surface area contributed by atoms with Crippen molar-refractivity contribution in [2.45, 2.75) is 5.41 Å². The largest absolute Gasteiger partial charge is 0.456 e. The summed E-state index contributed by atoms with van der Waals surface area (Å²) in [5.41, 5.74) is 3.65. The van der Waals surface area contributed by atoms with Gasteiger partial charge in [-0.3, -0.25) is 0 Å². The molecule has 1 unspecified atom stereocenters. The number of ether oxygens (including phenoxy) is 1. The third-order valence-electron chi connectivity index (χ3n) is 9.57. The van der Waals surface area contributed by atoms with E-state index in [0.717, 1.165) is 16.7 Å². The number of hydrogen-bond donors (Lipinski definition) is 0. The summed E-state index contributed by atoms with van der Waals surface area (Å²) in [7, 11) is 0. The van der Waals surface area contributed by atoms with Crippen LogP contribution >= 0.6 is 0 Å². The van der Waals surface area contributed by atoms with E-state index in [1.807, 2.05) is 54.6 Å². The molecule has 1 spiro atoms. The summed E-state index contributed by atoms with van der Waals surface area (Å²) in [4.78, 5) is 0. The Bertz CT molecular complexity index is 3470. The molecule has 1 nitrogen and oxygen atoms in total. The van der Waals surface area contributed by atoms with E-state index in [1.54, 1.807) is 12.1 Å². The van der Waals surface area contributed by atoms with Crippen molar-refractivity contribution >= 4 is 21.5 Å². The zero-order valence-electron chi connectivity index (χ0n) is 38.8. The van der Waals surface area contributed by atoms with E-state index in [4.69, 9.17) is 18.4 Å². The van der Waals surface area contributed by atoms with E-state index in [1.165, 1.54) is 0 Å². The highest BCUT2D eigenvalue weighted by Crippen LogP contribution is 2.64. The summed E-state index contributed by atoms with van der Waals surface area (Å²) in [5.74, 6) is -0.626. The van der Waals surface area contributed by atoms with Crippen LogP contribution in [0.2, 0.25) is 0 Å². The van der Waals surface area contributed by atoms with Crippen LogP contribution in [-0.2, 0) is 5.41 Å². The molecule has 46 heavy (non-hydrogen) atoms. The molecule has 0 saturated heterocycles. The highest BCUT2D eigenvalue weighted by atomic mass is 16.5. The van der Waals surface area contributed by atoms with Gasteiger partial charge in [0.25, 0.3) is 0 Å². The lowest BCUT2D eigenvalue weighted by molar-refractivity contribution is 0.487. The lowest BCUT2D eigenvalue weighted by Crippen LogP contribution is -2.25. The Labute approximate surface area is 288 Å². The van der Waals surface area contributed by atoms with E-state index in [2.05, 4.69) is 0 Å². The van der Waals surface area contributed by atoms with Gasteiger partial charge in [0.15, 0.2) is 0 Å². The minimum Gasteiger partial charge on any atom is -0.456 e. The normalized spacial score (nSPS) is 20.7. The first-order valence-electron chi connectivity index (χ1n) is 22.3. The molecule has 0 aromatic heterocycles. The molecule has 8 aromatic carbocycles. The molecule has 2 aliphatic carbocycles. The molecule has 0 fully saturated rings. The quantitative estimate of drug-likeness (QED) is 0.183. The molecule has 0 N–H and O–H groups in total. The van der Waals surface area contributed by atoms with Crippen LogP contribution in [0, 0.1) is 0 Å². The zero-order valence-corrected chi connectivity index (χ0v) is 23.8. The Hall–Kier alpha value is -5.92. The lowest BCUT2D eigenvalue weighted by atomic mass is 9.70. The van der Waals surface area contributed by atoms with Crippen molar-refractivity contribution in [3.8, 4) is 56.0 Å². The van der Waals surface area contributed by atoms with Gasteiger partial charge in [-0.2, -0.15) is 0 Å². The van der Waals surface area contributed by atoms with Crippen LogP contribution in [0.1, 0.15) is 42.8 Å². The number of rotatable bonds is 1. The second kappa shape index (κ2) is 8.62. The Balaban J connectivity index is 1.30. The standard InChI is InChI=1S/C45H26O/c1-2-11-30-27(10-1)21-24-39-43(30)36-14-4-7-18-38(36)45(39)37-17-6-3-12-31(37)32-22-20-28(26-40(32)45)29-23-25-42-44-34(29)15-9-16-35(44)33-13-5-8-19-41(33)46-42/h1-26H/i1D,2D,5D,8D,9D,10D,11D,13D,15D,16D,19D,21D,23D,24D,25D. The molecular formula is C45H26O. The van der Waals surface area contributed by atoms with Gasteiger partial charge in [-0.15, -0.1) is 0 Å². The third kappa shape index (κ3) is 2.87. The molecule has 3 aliphatic rings. The maximum atomic E-state index is 9.73. The minimum atomic E-state index is -1.34. The van der Waals surface area contributed by atoms with Crippen LogP contribution in [0.15, 0.2) is 157 Å². The second-order valence-electron chi connectivity index (χ2n) is 11.6. The molecule has 1 heterocycles. The summed E-state index contributed by atoms with van der Waals surface area (Å²) in [5, 5.41) is 0.0144. The van der Waals surface area contributed by atoms with Crippen molar-refractivity contribution in [1.29, 1.82) is 0 Å². The molecule has 1 atom stereocenters. The second-order valence-corrected chi connectivity index (χ2v) is 11.6. The SMILES string of the molecule is [2H]c1c([2H])c([2H])c2c(c1[2H])Oc1c([2H])c([2H])c(-c3ccc4c(c3)C3(c5ccccc5-4)c4ccccc4-c4c3c([2H])c([2H])c3c([2H])c([2H])c([2H])c([2H])c43)c3c([2H])c([2H])c([2H])c-2c13. The van der Waals surface area contributed by atoms with Crippen molar-refractivity contribution in [2.24, 2.45) is 0 Å². The van der Waals surface area contributed by atoms with Gasteiger partial charge in [0, 0.05) is 10.9 Å². The first-order valence-corrected chi connectivity index (χ1v) is 14.8. The zero-order chi connectivity index (χ0) is 43.0. The monoisotopic (exact) mass is 597 g/mol. The van der Waals surface area contributed by atoms with Gasteiger partial charge in [0.1, 0.15) is 11.5 Å². The van der Waals surface area contributed by atoms with Gasteiger partial charge < -0.3 is 4.74 Å². The maximum Gasteiger partial charge on any atom is 0.135 e. The molecule has 8 aromatic rings. The van der Waals surface area contributed by atoms with Crippen LogP contribution in [0.3, 0.4) is 0 Å². The van der Waals surface area contributed by atoms with Gasteiger partial charge in [-0.25, -0.2) is 0 Å². The van der Waals surface area contributed by atoms with Gasteiger partial charge in [0.2, 0.25) is 0 Å². The summed E-state index contributed by atoms with van der Waals surface area (Å²) in [6.07, 6.45) is 0. The third-order valence-corrected chi connectivity index (χ3v) is 9.57. The van der Waals surface area contributed by atoms with E-state index < -0.39 is 77.9 Å². The van der Waals surface area contributed by atoms with Crippen molar-refractivity contribution in [1.82, 2.24) is 0 Å². The molecule has 212 valence electrons. The maximum absolute atomic E-state index is 9.73. The molecule has 1 aliphatic heterocycles. The molecule has 0 radical (unpaired) electrons. The molecule has 11 rings (SSSR count). The van der Waals surface area contributed by atoms with Crippen molar-refractivity contribution in [3.63, 3.8) is 0 Å². The predicted octanol–water partition coefficient (Wildman–Crippen LogP) is 11.8. The Morgan fingerprint density at radius 1 is 0.457 bits per heavy atom. The highest BCUT2D eigenvalue weighted by Gasteiger charge is 2.52. The topological polar surface area (TPSA) is 9.23 Å². The van der Waals surface area contributed by atoms with Crippen LogP contribution < -0.4 is 4.74 Å². The fourth-order valence-electron chi connectivity index (χ4n) is 7.82. The predicted molar refractivity (Wildman–Crippen MR) is 189 cm³/mol. The molecule has 1 heteroatoms. The smallest absolute Gasteiger partial charge is 0.135 e. The van der Waals surface area contributed by atoms with Gasteiger partial charge in [-0.05, 0) is 95.5 Å². The lowest BCUT2D eigenvalue weighted by Gasteiger charge is -2.31. The van der Waals surface area contributed by atoms with E-state index in [9.17, 15) is 6.85 Å². The molecule has 0 amide bonds. The molecule has 0 bridgehead atoms. The van der Waals surface area contributed by atoms with Gasteiger partial charge >= 0.3 is 0 Å². The van der Waals surface area contributed by atoms with E-state index >= 15 is 0 Å². The first-order chi connectivity index (χ1) is 29.1.